The van der Waals surface area contributed by atoms with Gasteiger partial charge in [-0.2, -0.15) is 0 Å². The molecule has 0 amide bonds. The summed E-state index contributed by atoms with van der Waals surface area (Å²) in [6.45, 7) is 4.97. The summed E-state index contributed by atoms with van der Waals surface area (Å²) in [5.74, 6) is -0.366. The highest BCUT2D eigenvalue weighted by molar-refractivity contribution is 7.12. The van der Waals surface area contributed by atoms with Gasteiger partial charge in [0.15, 0.2) is 0 Å². The van der Waals surface area contributed by atoms with E-state index < -0.39 is 0 Å². The van der Waals surface area contributed by atoms with E-state index in [-0.39, 0.29) is 16.9 Å². The molecule has 0 spiro atoms. The van der Waals surface area contributed by atoms with Crippen molar-refractivity contribution in [3.05, 3.63) is 56.5 Å². The number of nitrogens with one attached hydrogen (secondary N) is 1. The van der Waals surface area contributed by atoms with Gasteiger partial charge in [0.25, 0.3) is 0 Å². The van der Waals surface area contributed by atoms with Crippen LogP contribution in [0.15, 0.2) is 30.3 Å². The van der Waals surface area contributed by atoms with E-state index in [1.54, 1.807) is 17.4 Å². The van der Waals surface area contributed by atoms with Crippen molar-refractivity contribution in [3.63, 3.8) is 0 Å². The standard InChI is InChI=1S/C15H17ClFNS/c1-3-10-8-9-13(19-10)15(18-4-2)11-6-5-7-12(17)14(11)16/h5-9,15,18H,3-4H2,1-2H3. The molecule has 4 heteroatoms. The summed E-state index contributed by atoms with van der Waals surface area (Å²) in [5.41, 5.74) is 0.799. The van der Waals surface area contributed by atoms with Crippen molar-refractivity contribution in [1.82, 2.24) is 5.32 Å². The van der Waals surface area contributed by atoms with E-state index in [2.05, 4.69) is 24.4 Å². The molecule has 0 bridgehead atoms. The van der Waals surface area contributed by atoms with Crippen molar-refractivity contribution in [2.45, 2.75) is 26.3 Å². The summed E-state index contributed by atoms with van der Waals surface area (Å²) in [6.07, 6.45) is 1.01. The predicted molar refractivity (Wildman–Crippen MR) is 80.6 cm³/mol. The SMILES string of the molecule is CCNC(c1ccc(CC)s1)c1cccc(F)c1Cl. The second-order valence-corrected chi connectivity index (χ2v) is 5.87. The fourth-order valence-corrected chi connectivity index (χ4v) is 3.33. The van der Waals surface area contributed by atoms with E-state index in [0.717, 1.165) is 18.5 Å². The summed E-state index contributed by atoms with van der Waals surface area (Å²) in [6, 6.07) is 9.15. The molecular formula is C15H17ClFNS. The Morgan fingerprint density at radius 1 is 1.26 bits per heavy atom. The van der Waals surface area contributed by atoms with Crippen LogP contribution in [0.3, 0.4) is 0 Å². The monoisotopic (exact) mass is 297 g/mol. The predicted octanol–water partition coefficient (Wildman–Crippen LogP) is 4.80. The number of benzene rings is 1. The molecule has 1 aromatic heterocycles. The Morgan fingerprint density at radius 3 is 2.68 bits per heavy atom. The lowest BCUT2D eigenvalue weighted by molar-refractivity contribution is 0.607. The van der Waals surface area contributed by atoms with Crippen LogP contribution >= 0.6 is 22.9 Å². The molecule has 1 N–H and O–H groups in total. The zero-order valence-corrected chi connectivity index (χ0v) is 12.6. The molecule has 102 valence electrons. The minimum Gasteiger partial charge on any atom is -0.306 e. The first-order valence-corrected chi connectivity index (χ1v) is 7.62. The van der Waals surface area contributed by atoms with Crippen LogP contribution in [0.4, 0.5) is 4.39 Å². The molecule has 0 saturated carbocycles. The van der Waals surface area contributed by atoms with Crippen molar-refractivity contribution in [2.24, 2.45) is 0 Å². The Hall–Kier alpha value is -0.900. The lowest BCUT2D eigenvalue weighted by Gasteiger charge is -2.18. The van der Waals surface area contributed by atoms with Gasteiger partial charge in [-0.3, -0.25) is 0 Å². The van der Waals surface area contributed by atoms with E-state index in [0.29, 0.717) is 0 Å². The van der Waals surface area contributed by atoms with Crippen molar-refractivity contribution < 1.29 is 4.39 Å². The Morgan fingerprint density at radius 2 is 2.05 bits per heavy atom. The second-order valence-electron chi connectivity index (χ2n) is 4.29. The quantitative estimate of drug-likeness (QED) is 0.836. The highest BCUT2D eigenvalue weighted by Crippen LogP contribution is 2.33. The second kappa shape index (κ2) is 6.51. The lowest BCUT2D eigenvalue weighted by Crippen LogP contribution is -2.21. The topological polar surface area (TPSA) is 12.0 Å². The summed E-state index contributed by atoms with van der Waals surface area (Å²) in [4.78, 5) is 2.50. The number of halogens is 2. The van der Waals surface area contributed by atoms with Crippen molar-refractivity contribution >= 4 is 22.9 Å². The number of hydrogen-bond donors (Lipinski definition) is 1. The molecule has 0 aliphatic heterocycles. The van der Waals surface area contributed by atoms with Gasteiger partial charge in [-0.1, -0.05) is 37.6 Å². The minimum atomic E-state index is -0.366. The molecule has 1 nitrogen and oxygen atoms in total. The largest absolute Gasteiger partial charge is 0.306 e. The zero-order valence-electron chi connectivity index (χ0n) is 11.0. The number of rotatable bonds is 5. The maximum Gasteiger partial charge on any atom is 0.142 e. The average molecular weight is 298 g/mol. The Balaban J connectivity index is 2.42. The van der Waals surface area contributed by atoms with Crippen LogP contribution in [0.2, 0.25) is 5.02 Å². The first-order chi connectivity index (χ1) is 9.17. The number of aryl methyl sites for hydroxylation is 1. The van der Waals surface area contributed by atoms with Gasteiger partial charge in [-0.05, 0) is 36.7 Å². The molecule has 19 heavy (non-hydrogen) atoms. The molecule has 0 aliphatic rings. The first-order valence-electron chi connectivity index (χ1n) is 6.43. The molecule has 2 rings (SSSR count). The highest BCUT2D eigenvalue weighted by atomic mass is 35.5. The van der Waals surface area contributed by atoms with Gasteiger partial charge >= 0.3 is 0 Å². The molecule has 1 atom stereocenters. The average Bonchev–Trinajstić information content (AvgIpc) is 2.88. The van der Waals surface area contributed by atoms with Gasteiger partial charge < -0.3 is 5.32 Å². The summed E-state index contributed by atoms with van der Waals surface area (Å²) in [7, 11) is 0. The maximum atomic E-state index is 13.6. The zero-order chi connectivity index (χ0) is 13.8. The van der Waals surface area contributed by atoms with Crippen molar-refractivity contribution in [1.29, 1.82) is 0 Å². The van der Waals surface area contributed by atoms with Gasteiger partial charge in [-0.15, -0.1) is 11.3 Å². The highest BCUT2D eigenvalue weighted by Gasteiger charge is 2.19. The molecule has 0 fully saturated rings. The van der Waals surface area contributed by atoms with Gasteiger partial charge in [0.05, 0.1) is 11.1 Å². The number of thiophene rings is 1. The summed E-state index contributed by atoms with van der Waals surface area (Å²) < 4.78 is 13.6. The normalized spacial score (nSPS) is 12.6. The van der Waals surface area contributed by atoms with Crippen LogP contribution in [0.5, 0.6) is 0 Å². The van der Waals surface area contributed by atoms with Crippen LogP contribution < -0.4 is 5.32 Å². The van der Waals surface area contributed by atoms with E-state index in [9.17, 15) is 4.39 Å². The van der Waals surface area contributed by atoms with Crippen LogP contribution in [-0.4, -0.2) is 6.54 Å². The third-order valence-electron chi connectivity index (χ3n) is 3.02. The van der Waals surface area contributed by atoms with Gasteiger partial charge in [0.2, 0.25) is 0 Å². The van der Waals surface area contributed by atoms with Crippen LogP contribution in [-0.2, 0) is 6.42 Å². The molecule has 1 unspecified atom stereocenters. The maximum absolute atomic E-state index is 13.6. The third-order valence-corrected chi connectivity index (χ3v) is 4.71. The Bertz CT molecular complexity index is 553. The summed E-state index contributed by atoms with van der Waals surface area (Å²) in [5, 5.41) is 3.59. The Labute approximate surface area is 122 Å². The van der Waals surface area contributed by atoms with Gasteiger partial charge in [0, 0.05) is 9.75 Å². The fourth-order valence-electron chi connectivity index (χ4n) is 2.05. The van der Waals surface area contributed by atoms with E-state index in [1.165, 1.54) is 15.8 Å². The molecular weight excluding hydrogens is 281 g/mol. The fraction of sp³-hybridized carbons (Fsp3) is 0.333. The van der Waals surface area contributed by atoms with E-state index >= 15 is 0 Å². The summed E-state index contributed by atoms with van der Waals surface area (Å²) >= 11 is 7.85. The van der Waals surface area contributed by atoms with Gasteiger partial charge in [0.1, 0.15) is 5.82 Å². The molecule has 0 radical (unpaired) electrons. The molecule has 2 aromatic rings. The Kier molecular flexibility index (Phi) is 4.97. The third kappa shape index (κ3) is 3.16. The number of hydrogen-bond acceptors (Lipinski definition) is 2. The molecule has 0 saturated heterocycles. The molecule has 1 heterocycles. The van der Waals surface area contributed by atoms with Crippen LogP contribution in [0.25, 0.3) is 0 Å². The van der Waals surface area contributed by atoms with Crippen LogP contribution in [0.1, 0.15) is 35.2 Å². The van der Waals surface area contributed by atoms with E-state index in [1.807, 2.05) is 13.0 Å². The van der Waals surface area contributed by atoms with Crippen molar-refractivity contribution in [2.75, 3.05) is 6.54 Å². The molecule has 0 aliphatic carbocycles. The first kappa shape index (κ1) is 14.5. The van der Waals surface area contributed by atoms with E-state index in [4.69, 9.17) is 11.6 Å². The minimum absolute atomic E-state index is 0.0431. The molecule has 1 aromatic carbocycles. The lowest BCUT2D eigenvalue weighted by atomic mass is 10.0. The van der Waals surface area contributed by atoms with Gasteiger partial charge in [-0.25, -0.2) is 4.39 Å². The smallest absolute Gasteiger partial charge is 0.142 e. The van der Waals surface area contributed by atoms with Crippen LogP contribution in [0, 0.1) is 5.82 Å². The van der Waals surface area contributed by atoms with Crippen molar-refractivity contribution in [3.8, 4) is 0 Å².